The molecule has 2 aromatic carbocycles. The Labute approximate surface area is 160 Å². The summed E-state index contributed by atoms with van der Waals surface area (Å²) in [5.41, 5.74) is 8.69. The van der Waals surface area contributed by atoms with Crippen LogP contribution in [-0.4, -0.2) is 9.55 Å². The van der Waals surface area contributed by atoms with Crippen LogP contribution in [0.15, 0.2) is 66.9 Å². The highest BCUT2D eigenvalue weighted by Gasteiger charge is 2.16. The largest absolute Gasteiger partial charge is 0.338 e. The summed E-state index contributed by atoms with van der Waals surface area (Å²) in [5.74, 6) is 0. The maximum absolute atomic E-state index is 4.73. The Kier molecular flexibility index (Phi) is 5.15. The van der Waals surface area contributed by atoms with Crippen molar-refractivity contribution in [1.82, 2.24) is 9.55 Å². The molecule has 2 nitrogen and oxygen atoms in total. The van der Waals surface area contributed by atoms with Crippen molar-refractivity contribution in [3.8, 4) is 11.3 Å². The van der Waals surface area contributed by atoms with Crippen molar-refractivity contribution in [2.45, 2.75) is 27.3 Å². The van der Waals surface area contributed by atoms with E-state index in [1.165, 1.54) is 33.3 Å². The van der Waals surface area contributed by atoms with Crippen LogP contribution in [0.4, 0.5) is 0 Å². The lowest BCUT2D eigenvalue weighted by molar-refractivity contribution is 0.800. The Bertz CT molecular complexity index is 1030. The summed E-state index contributed by atoms with van der Waals surface area (Å²) in [4.78, 5) is 4.73. The monoisotopic (exact) mass is 362 g/mol. The van der Waals surface area contributed by atoms with E-state index in [0.29, 0.717) is 0 Å². The van der Waals surface area contributed by atoms with Gasteiger partial charge in [0.25, 0.3) is 0 Å². The van der Waals surface area contributed by atoms with E-state index in [4.69, 9.17) is 4.98 Å². The van der Waals surface area contributed by atoms with Crippen LogP contribution in [0.3, 0.4) is 0 Å². The fraction of sp³-hybridized carbons (Fsp3) is 0.174. The molecule has 0 N–H and O–H groups in total. The molecule has 0 spiro atoms. The molecule has 2 aromatic heterocycles. The highest BCUT2D eigenvalue weighted by atomic mass is 35.5. The van der Waals surface area contributed by atoms with Gasteiger partial charge in [-0.05, 0) is 38.0 Å². The third-order valence-corrected chi connectivity index (χ3v) is 5.05. The minimum absolute atomic E-state index is 0. The number of pyridine rings is 1. The number of rotatable bonds is 3. The van der Waals surface area contributed by atoms with E-state index < -0.39 is 0 Å². The van der Waals surface area contributed by atoms with Gasteiger partial charge < -0.3 is 4.57 Å². The van der Waals surface area contributed by atoms with Crippen molar-refractivity contribution in [1.29, 1.82) is 0 Å². The molecule has 0 aliphatic carbocycles. The molecule has 0 saturated carbocycles. The van der Waals surface area contributed by atoms with E-state index in [9.17, 15) is 0 Å². The number of halogens is 1. The summed E-state index contributed by atoms with van der Waals surface area (Å²) in [6.07, 6.45) is 1.92. The maximum Gasteiger partial charge on any atom is 0.0945 e. The van der Waals surface area contributed by atoms with E-state index in [1.54, 1.807) is 0 Å². The predicted molar refractivity (Wildman–Crippen MR) is 112 cm³/mol. The average molecular weight is 363 g/mol. The number of nitrogens with zero attached hydrogens (tertiary/aromatic N) is 2. The van der Waals surface area contributed by atoms with Gasteiger partial charge in [-0.3, -0.25) is 4.98 Å². The van der Waals surface area contributed by atoms with Crippen LogP contribution in [0.1, 0.15) is 22.4 Å². The van der Waals surface area contributed by atoms with Crippen LogP contribution < -0.4 is 0 Å². The summed E-state index contributed by atoms with van der Waals surface area (Å²) in [6, 6.07) is 21.4. The van der Waals surface area contributed by atoms with Gasteiger partial charge >= 0.3 is 0 Å². The second-order valence-corrected chi connectivity index (χ2v) is 6.70. The van der Waals surface area contributed by atoms with E-state index in [-0.39, 0.29) is 12.4 Å². The van der Waals surface area contributed by atoms with E-state index in [1.807, 2.05) is 12.3 Å². The lowest BCUT2D eigenvalue weighted by Crippen LogP contribution is -2.03. The SMILES string of the molecule is Cc1ccc(Cn2c(C)c(C)c3ccnc(-c4ccccc4)c32)cc1.Cl. The van der Waals surface area contributed by atoms with E-state index in [2.05, 4.69) is 79.9 Å². The summed E-state index contributed by atoms with van der Waals surface area (Å²) >= 11 is 0. The Morgan fingerprint density at radius 2 is 1.54 bits per heavy atom. The molecule has 0 aliphatic rings. The van der Waals surface area contributed by atoms with E-state index in [0.717, 1.165) is 17.8 Å². The fourth-order valence-electron chi connectivity index (χ4n) is 3.48. The van der Waals surface area contributed by atoms with Crippen molar-refractivity contribution < 1.29 is 0 Å². The number of fused-ring (bicyclic) bond motifs is 1. The molecule has 0 aliphatic heterocycles. The van der Waals surface area contributed by atoms with Gasteiger partial charge in [0, 0.05) is 29.4 Å². The Morgan fingerprint density at radius 1 is 0.846 bits per heavy atom. The number of aryl methyl sites for hydroxylation is 2. The molecule has 26 heavy (non-hydrogen) atoms. The van der Waals surface area contributed by atoms with Crippen LogP contribution in [0.5, 0.6) is 0 Å². The van der Waals surface area contributed by atoms with Crippen molar-refractivity contribution in [2.24, 2.45) is 0 Å². The lowest BCUT2D eigenvalue weighted by Gasteiger charge is -2.12. The van der Waals surface area contributed by atoms with Crippen molar-refractivity contribution in [3.63, 3.8) is 0 Å². The lowest BCUT2D eigenvalue weighted by atomic mass is 10.1. The number of benzene rings is 2. The summed E-state index contributed by atoms with van der Waals surface area (Å²) in [5, 5.41) is 1.29. The zero-order valence-electron chi connectivity index (χ0n) is 15.4. The number of hydrogen-bond acceptors (Lipinski definition) is 1. The molecule has 0 atom stereocenters. The topological polar surface area (TPSA) is 17.8 Å². The second-order valence-electron chi connectivity index (χ2n) is 6.70. The van der Waals surface area contributed by atoms with Crippen molar-refractivity contribution >= 4 is 23.3 Å². The zero-order valence-corrected chi connectivity index (χ0v) is 16.2. The van der Waals surface area contributed by atoms with Gasteiger partial charge in [0.15, 0.2) is 0 Å². The maximum atomic E-state index is 4.73. The number of hydrogen-bond donors (Lipinski definition) is 0. The molecule has 132 valence electrons. The predicted octanol–water partition coefficient (Wildman–Crippen LogP) is 6.10. The van der Waals surface area contributed by atoms with Gasteiger partial charge in [0.1, 0.15) is 0 Å². The zero-order chi connectivity index (χ0) is 17.4. The summed E-state index contributed by atoms with van der Waals surface area (Å²) < 4.78 is 2.41. The third-order valence-electron chi connectivity index (χ3n) is 5.05. The minimum atomic E-state index is 0. The molecule has 2 heterocycles. The van der Waals surface area contributed by atoms with Gasteiger partial charge in [-0.25, -0.2) is 0 Å². The molecule has 0 fully saturated rings. The molecular weight excluding hydrogens is 340 g/mol. The summed E-state index contributed by atoms with van der Waals surface area (Å²) in [7, 11) is 0. The standard InChI is InChI=1S/C23H22N2.ClH/c1-16-9-11-19(12-10-16)15-25-18(3)17(2)21-13-14-24-22(23(21)25)20-7-5-4-6-8-20;/h4-14H,15H2,1-3H3;1H. The summed E-state index contributed by atoms with van der Waals surface area (Å²) in [6.45, 7) is 7.40. The highest BCUT2D eigenvalue weighted by molar-refractivity contribution is 5.95. The van der Waals surface area contributed by atoms with Gasteiger partial charge in [0.2, 0.25) is 0 Å². The third kappa shape index (κ3) is 3.13. The minimum Gasteiger partial charge on any atom is -0.338 e. The van der Waals surface area contributed by atoms with Crippen LogP contribution in [-0.2, 0) is 6.54 Å². The van der Waals surface area contributed by atoms with Gasteiger partial charge in [-0.2, -0.15) is 0 Å². The quantitative estimate of drug-likeness (QED) is 0.430. The molecular formula is C23H23ClN2. The van der Waals surface area contributed by atoms with Gasteiger partial charge in [-0.1, -0.05) is 60.2 Å². The van der Waals surface area contributed by atoms with Crippen LogP contribution in [0.2, 0.25) is 0 Å². The van der Waals surface area contributed by atoms with Crippen molar-refractivity contribution in [2.75, 3.05) is 0 Å². The van der Waals surface area contributed by atoms with Crippen molar-refractivity contribution in [3.05, 3.63) is 89.2 Å². The van der Waals surface area contributed by atoms with Crippen LogP contribution >= 0.6 is 12.4 Å². The first kappa shape index (κ1) is 18.2. The normalized spacial score (nSPS) is 10.7. The van der Waals surface area contributed by atoms with E-state index >= 15 is 0 Å². The van der Waals surface area contributed by atoms with Gasteiger partial charge in [0.05, 0.1) is 11.2 Å². The Hall–Kier alpha value is -2.58. The van der Waals surface area contributed by atoms with Crippen LogP contribution in [0.25, 0.3) is 22.2 Å². The first-order valence-corrected chi connectivity index (χ1v) is 8.70. The second kappa shape index (κ2) is 7.35. The molecule has 4 rings (SSSR count). The first-order chi connectivity index (χ1) is 12.1. The van der Waals surface area contributed by atoms with Crippen LogP contribution in [0, 0.1) is 20.8 Å². The average Bonchev–Trinajstić information content (AvgIpc) is 2.89. The molecule has 0 unspecified atom stereocenters. The molecule has 0 bridgehead atoms. The van der Waals surface area contributed by atoms with Gasteiger partial charge in [-0.15, -0.1) is 12.4 Å². The molecule has 0 saturated heterocycles. The Balaban J connectivity index is 0.00000196. The molecule has 0 amide bonds. The smallest absolute Gasteiger partial charge is 0.0945 e. The fourth-order valence-corrected chi connectivity index (χ4v) is 3.48. The number of aromatic nitrogens is 2. The Morgan fingerprint density at radius 3 is 2.23 bits per heavy atom. The highest BCUT2D eigenvalue weighted by Crippen LogP contribution is 2.32. The molecule has 3 heteroatoms. The molecule has 4 aromatic rings. The molecule has 0 radical (unpaired) electrons. The first-order valence-electron chi connectivity index (χ1n) is 8.70.